The van der Waals surface area contributed by atoms with Gasteiger partial charge >= 0.3 is 0 Å². The fourth-order valence-corrected chi connectivity index (χ4v) is 10.0. The fourth-order valence-electron chi connectivity index (χ4n) is 8.80. The van der Waals surface area contributed by atoms with Gasteiger partial charge in [0.25, 0.3) is 0 Å². The average molecular weight is 782 g/mol. The second kappa shape index (κ2) is 15.3. The van der Waals surface area contributed by atoms with Gasteiger partial charge in [0.05, 0.1) is 5.69 Å². The number of hydrogen-bond donors (Lipinski definition) is 0. The number of rotatable bonds is 8. The van der Waals surface area contributed by atoms with Crippen molar-refractivity contribution in [1.82, 2.24) is 0 Å². The number of hydrogen-bond acceptors (Lipinski definition) is 2. The lowest BCUT2D eigenvalue weighted by atomic mass is 9.87. The molecule has 0 radical (unpaired) electrons. The van der Waals surface area contributed by atoms with E-state index in [1.165, 1.54) is 86.6 Å². The van der Waals surface area contributed by atoms with Crippen LogP contribution in [0.15, 0.2) is 237 Å². The van der Waals surface area contributed by atoms with Gasteiger partial charge in [-0.2, -0.15) is 0 Å². The maximum absolute atomic E-state index is 2.44. The highest BCUT2D eigenvalue weighted by atomic mass is 32.1. The molecule has 0 bridgehead atoms. The molecule has 1 heterocycles. The summed E-state index contributed by atoms with van der Waals surface area (Å²) >= 11 is 1.88. The molecular weight excluding hydrogens is 743 g/mol. The molecule has 2 heteroatoms. The van der Waals surface area contributed by atoms with E-state index in [2.05, 4.69) is 241 Å². The molecule has 1 nitrogen and oxygen atoms in total. The maximum Gasteiger partial charge on any atom is 0.0546 e. The summed E-state index contributed by atoms with van der Waals surface area (Å²) in [5, 5.41) is 5.12. The van der Waals surface area contributed by atoms with E-state index in [0.717, 1.165) is 17.1 Å². The molecule has 0 aliphatic heterocycles. The maximum atomic E-state index is 2.44. The molecule has 0 aliphatic carbocycles. The third-order valence-electron chi connectivity index (χ3n) is 11.7. The van der Waals surface area contributed by atoms with E-state index in [9.17, 15) is 0 Å². The Morgan fingerprint density at radius 2 is 0.817 bits per heavy atom. The van der Waals surface area contributed by atoms with E-state index in [0.29, 0.717) is 0 Å². The first-order valence-corrected chi connectivity index (χ1v) is 21.3. The second-order valence-corrected chi connectivity index (χ2v) is 16.3. The lowest BCUT2D eigenvalue weighted by Gasteiger charge is -2.30. The summed E-state index contributed by atoms with van der Waals surface area (Å²) in [5.41, 5.74) is 15.2. The second-order valence-electron chi connectivity index (χ2n) is 15.2. The summed E-state index contributed by atoms with van der Waals surface area (Å²) < 4.78 is 2.64. The van der Waals surface area contributed by atoms with Crippen LogP contribution in [-0.2, 0) is 0 Å². The van der Waals surface area contributed by atoms with E-state index in [-0.39, 0.29) is 0 Å². The number of thiophene rings is 1. The molecule has 282 valence electrons. The minimum atomic E-state index is 1.09. The van der Waals surface area contributed by atoms with E-state index < -0.39 is 0 Å². The fraction of sp³-hybridized carbons (Fsp3) is 0. The Hall–Kier alpha value is -7.52. The summed E-state index contributed by atoms with van der Waals surface area (Å²) in [6, 6.07) is 86.2. The van der Waals surface area contributed by atoms with Crippen LogP contribution in [0.3, 0.4) is 0 Å². The minimum absolute atomic E-state index is 1.09. The van der Waals surface area contributed by atoms with Crippen molar-refractivity contribution in [3.63, 3.8) is 0 Å². The van der Waals surface area contributed by atoms with Crippen molar-refractivity contribution in [2.45, 2.75) is 0 Å². The van der Waals surface area contributed by atoms with E-state index >= 15 is 0 Å². The van der Waals surface area contributed by atoms with E-state index in [1.54, 1.807) is 0 Å². The van der Waals surface area contributed by atoms with Gasteiger partial charge in [-0.15, -0.1) is 11.3 Å². The number of nitrogens with zero attached hydrogens (tertiary/aromatic N) is 1. The van der Waals surface area contributed by atoms with Crippen molar-refractivity contribution in [2.24, 2.45) is 0 Å². The number of fused-ring (bicyclic) bond motifs is 4. The first kappa shape index (κ1) is 35.6. The zero-order valence-electron chi connectivity index (χ0n) is 32.9. The van der Waals surface area contributed by atoms with E-state index in [1.807, 2.05) is 11.3 Å². The van der Waals surface area contributed by atoms with Gasteiger partial charge in [0.15, 0.2) is 0 Å². The van der Waals surface area contributed by atoms with Gasteiger partial charge in [0.2, 0.25) is 0 Å². The van der Waals surface area contributed by atoms with Gasteiger partial charge in [-0.05, 0) is 103 Å². The molecule has 0 fully saturated rings. The monoisotopic (exact) mass is 781 g/mol. The molecule has 0 amide bonds. The minimum Gasteiger partial charge on any atom is -0.310 e. The highest BCUT2D eigenvalue weighted by Crippen LogP contribution is 2.49. The Morgan fingerprint density at radius 1 is 0.300 bits per heavy atom. The molecule has 0 unspecified atom stereocenters. The Bertz CT molecular complexity index is 3290. The van der Waals surface area contributed by atoms with E-state index in [4.69, 9.17) is 0 Å². The van der Waals surface area contributed by atoms with Gasteiger partial charge < -0.3 is 4.90 Å². The summed E-state index contributed by atoms with van der Waals surface area (Å²) in [7, 11) is 0. The van der Waals surface area contributed by atoms with Crippen LogP contribution in [0, 0.1) is 0 Å². The van der Waals surface area contributed by atoms with Crippen molar-refractivity contribution in [1.29, 1.82) is 0 Å². The zero-order valence-corrected chi connectivity index (χ0v) is 33.7. The molecule has 11 aromatic rings. The molecule has 0 aliphatic rings. The summed E-state index contributed by atoms with van der Waals surface area (Å²) in [4.78, 5) is 2.44. The Morgan fingerprint density at radius 3 is 1.57 bits per heavy atom. The third-order valence-corrected chi connectivity index (χ3v) is 12.9. The highest BCUT2D eigenvalue weighted by molar-refractivity contribution is 7.26. The zero-order chi connectivity index (χ0) is 39.8. The van der Waals surface area contributed by atoms with Crippen LogP contribution < -0.4 is 4.90 Å². The molecule has 0 atom stereocenters. The molecule has 0 spiro atoms. The topological polar surface area (TPSA) is 3.24 Å². The van der Waals surface area contributed by atoms with Crippen molar-refractivity contribution in [3.05, 3.63) is 237 Å². The molecule has 0 saturated carbocycles. The molecular formula is C58H39NS. The molecule has 0 saturated heterocycles. The predicted molar refractivity (Wildman–Crippen MR) is 259 cm³/mol. The van der Waals surface area contributed by atoms with Crippen LogP contribution in [0.2, 0.25) is 0 Å². The van der Waals surface area contributed by atoms with Crippen LogP contribution in [0.4, 0.5) is 17.1 Å². The van der Waals surface area contributed by atoms with Crippen LogP contribution in [-0.4, -0.2) is 0 Å². The van der Waals surface area contributed by atoms with Crippen LogP contribution >= 0.6 is 11.3 Å². The first-order chi connectivity index (χ1) is 29.8. The SMILES string of the molecule is c1ccc(-c2ccccc2-c2c(-c3ccccc3)cccc2N(c2ccc(-c3ccc4ccccc4c3)cc2)c2ccc(-c3cccc4c3sc3ccccc34)cc2)cc1. The smallest absolute Gasteiger partial charge is 0.0546 e. The lowest BCUT2D eigenvalue weighted by Crippen LogP contribution is -2.12. The van der Waals surface area contributed by atoms with Gasteiger partial charge in [-0.3, -0.25) is 0 Å². The summed E-state index contributed by atoms with van der Waals surface area (Å²) in [5.74, 6) is 0. The lowest BCUT2D eigenvalue weighted by molar-refractivity contribution is 1.28. The van der Waals surface area contributed by atoms with Crippen LogP contribution in [0.5, 0.6) is 0 Å². The normalized spacial score (nSPS) is 11.3. The van der Waals surface area contributed by atoms with Crippen LogP contribution in [0.25, 0.3) is 86.6 Å². The quantitative estimate of drug-likeness (QED) is 0.148. The molecule has 60 heavy (non-hydrogen) atoms. The van der Waals surface area contributed by atoms with Gasteiger partial charge in [0.1, 0.15) is 0 Å². The van der Waals surface area contributed by atoms with Crippen molar-refractivity contribution in [2.75, 3.05) is 4.90 Å². The van der Waals surface area contributed by atoms with Crippen LogP contribution in [0.1, 0.15) is 0 Å². The number of anilines is 3. The molecule has 11 rings (SSSR count). The standard InChI is InChI=1S/C58H39NS/c1-3-16-42(17-4-1)49-21-9-10-23-53(49)57-50(43-18-5-2-6-19-43)24-14-27-55(57)59(47-35-31-41(32-36-47)46-30-29-40-15-7-8-20-45(40)39-46)48-37-33-44(34-38-48)51-25-13-26-54-52-22-11-12-28-56(52)60-58(51)54/h1-39H. The average Bonchev–Trinajstić information content (AvgIpc) is 3.72. The first-order valence-electron chi connectivity index (χ1n) is 20.5. The largest absolute Gasteiger partial charge is 0.310 e. The molecule has 0 N–H and O–H groups in total. The highest BCUT2D eigenvalue weighted by Gasteiger charge is 2.23. The van der Waals surface area contributed by atoms with Gasteiger partial charge in [0, 0.05) is 37.1 Å². The molecule has 1 aromatic heterocycles. The van der Waals surface area contributed by atoms with Gasteiger partial charge in [-0.1, -0.05) is 194 Å². The van der Waals surface area contributed by atoms with Crippen molar-refractivity contribution < 1.29 is 0 Å². The Balaban J connectivity index is 1.11. The Kier molecular flexibility index (Phi) is 9.11. The summed E-state index contributed by atoms with van der Waals surface area (Å²) in [6.45, 7) is 0. The third kappa shape index (κ3) is 6.44. The van der Waals surface area contributed by atoms with Crippen molar-refractivity contribution >= 4 is 59.3 Å². The predicted octanol–water partition coefficient (Wildman–Crippen LogP) is 17.0. The number of benzene rings is 10. The molecule has 10 aromatic carbocycles. The summed E-state index contributed by atoms with van der Waals surface area (Å²) in [6.07, 6.45) is 0. The van der Waals surface area contributed by atoms with Gasteiger partial charge in [-0.25, -0.2) is 0 Å². The van der Waals surface area contributed by atoms with Crippen molar-refractivity contribution in [3.8, 4) is 55.6 Å². The Labute approximate surface area is 354 Å².